The minimum atomic E-state index is -0.0572. The summed E-state index contributed by atoms with van der Waals surface area (Å²) in [6.45, 7) is 4.06. The fourth-order valence-electron chi connectivity index (χ4n) is 2.75. The molecule has 1 amide bonds. The van der Waals surface area contributed by atoms with Gasteiger partial charge < -0.3 is 9.88 Å². The molecule has 1 N–H and O–H groups in total. The van der Waals surface area contributed by atoms with E-state index in [1.165, 1.54) is 5.69 Å². The second-order valence-corrected chi connectivity index (χ2v) is 6.78. The number of aryl methyl sites for hydroxylation is 2. The summed E-state index contributed by atoms with van der Waals surface area (Å²) in [6.07, 6.45) is 0. The van der Waals surface area contributed by atoms with E-state index in [1.54, 1.807) is 0 Å². The molecule has 2 aromatic carbocycles. The maximum Gasteiger partial charge on any atom is 0.251 e. The van der Waals surface area contributed by atoms with E-state index in [0.717, 1.165) is 20.9 Å². The van der Waals surface area contributed by atoms with Crippen LogP contribution in [0.25, 0.3) is 10.9 Å². The third-order valence-electron chi connectivity index (χ3n) is 4.24. The number of nitrogens with one attached hydrogen (secondary N) is 1. The summed E-state index contributed by atoms with van der Waals surface area (Å²) in [5, 5.41) is 4.22. The van der Waals surface area contributed by atoms with Gasteiger partial charge in [0.2, 0.25) is 0 Å². The molecule has 0 radical (unpaired) electrons. The topological polar surface area (TPSA) is 34.0 Å². The molecule has 23 heavy (non-hydrogen) atoms. The first-order valence-electron chi connectivity index (χ1n) is 7.58. The first-order chi connectivity index (χ1) is 11.0. The van der Waals surface area contributed by atoms with Crippen LogP contribution in [0.4, 0.5) is 0 Å². The highest BCUT2D eigenvalue weighted by molar-refractivity contribution is 9.10. The maximum atomic E-state index is 12.5. The molecule has 1 atom stereocenters. The molecular formula is C19H19BrN2O. The quantitative estimate of drug-likeness (QED) is 0.709. The smallest absolute Gasteiger partial charge is 0.251 e. The SMILES string of the molecule is Cc1cc2ccc(C(=O)N[C@@H](C)c3cccc(Br)c3)cc2n1C. The van der Waals surface area contributed by atoms with Crippen molar-refractivity contribution in [1.82, 2.24) is 9.88 Å². The lowest BCUT2D eigenvalue weighted by Crippen LogP contribution is -2.26. The fourth-order valence-corrected chi connectivity index (χ4v) is 3.17. The van der Waals surface area contributed by atoms with E-state index in [0.29, 0.717) is 5.56 Å². The van der Waals surface area contributed by atoms with Gasteiger partial charge in [-0.3, -0.25) is 4.79 Å². The molecule has 0 saturated heterocycles. The third-order valence-corrected chi connectivity index (χ3v) is 4.74. The zero-order chi connectivity index (χ0) is 16.6. The van der Waals surface area contributed by atoms with Crippen LogP contribution in [-0.4, -0.2) is 10.5 Å². The molecule has 0 spiro atoms. The number of carbonyl (C=O) groups is 1. The maximum absolute atomic E-state index is 12.5. The fraction of sp³-hybridized carbons (Fsp3) is 0.211. The average Bonchev–Trinajstić information content (AvgIpc) is 2.81. The van der Waals surface area contributed by atoms with E-state index in [1.807, 2.05) is 56.4 Å². The lowest BCUT2D eigenvalue weighted by Gasteiger charge is -2.15. The molecule has 0 fully saturated rings. The summed E-state index contributed by atoms with van der Waals surface area (Å²) in [5.74, 6) is -0.0572. The zero-order valence-corrected chi connectivity index (χ0v) is 15.0. The number of amides is 1. The number of halogens is 1. The monoisotopic (exact) mass is 370 g/mol. The molecule has 3 nitrogen and oxygen atoms in total. The Morgan fingerprint density at radius 3 is 2.70 bits per heavy atom. The molecule has 4 heteroatoms. The summed E-state index contributed by atoms with van der Waals surface area (Å²) in [4.78, 5) is 12.5. The molecule has 118 valence electrons. The highest BCUT2D eigenvalue weighted by Gasteiger charge is 2.13. The third kappa shape index (κ3) is 3.17. The van der Waals surface area contributed by atoms with Crippen molar-refractivity contribution < 1.29 is 4.79 Å². The van der Waals surface area contributed by atoms with Crippen LogP contribution in [-0.2, 0) is 7.05 Å². The Morgan fingerprint density at radius 2 is 1.96 bits per heavy atom. The predicted molar refractivity (Wildman–Crippen MR) is 97.7 cm³/mol. The molecule has 0 saturated carbocycles. The van der Waals surface area contributed by atoms with Crippen LogP contribution in [0.5, 0.6) is 0 Å². The van der Waals surface area contributed by atoms with E-state index in [4.69, 9.17) is 0 Å². The summed E-state index contributed by atoms with van der Waals surface area (Å²) >= 11 is 3.46. The molecule has 0 aliphatic heterocycles. The summed E-state index contributed by atoms with van der Waals surface area (Å²) < 4.78 is 3.11. The number of nitrogens with zero attached hydrogens (tertiary/aromatic N) is 1. The van der Waals surface area contributed by atoms with Crippen LogP contribution in [0.2, 0.25) is 0 Å². The number of fused-ring (bicyclic) bond motifs is 1. The summed E-state index contributed by atoms with van der Waals surface area (Å²) in [6, 6.07) is 15.9. The Morgan fingerprint density at radius 1 is 1.17 bits per heavy atom. The highest BCUT2D eigenvalue weighted by Crippen LogP contribution is 2.21. The molecule has 1 aromatic heterocycles. The standard InChI is InChI=1S/C19H19BrN2O/c1-12-9-15-7-8-16(11-18(15)22(12)3)19(23)21-13(2)14-5-4-6-17(20)10-14/h4-11,13H,1-3H3,(H,21,23)/t13-/m0/s1. The lowest BCUT2D eigenvalue weighted by molar-refractivity contribution is 0.0940. The second-order valence-electron chi connectivity index (χ2n) is 5.87. The van der Waals surface area contributed by atoms with E-state index in [-0.39, 0.29) is 11.9 Å². The Kier molecular flexibility index (Phi) is 4.26. The predicted octanol–water partition coefficient (Wildman–Crippen LogP) is 4.74. The molecule has 3 rings (SSSR count). The number of hydrogen-bond donors (Lipinski definition) is 1. The number of hydrogen-bond acceptors (Lipinski definition) is 1. The largest absolute Gasteiger partial charge is 0.348 e. The minimum Gasteiger partial charge on any atom is -0.348 e. The first-order valence-corrected chi connectivity index (χ1v) is 8.37. The number of benzene rings is 2. The zero-order valence-electron chi connectivity index (χ0n) is 13.4. The van der Waals surface area contributed by atoms with Crippen molar-refractivity contribution in [2.24, 2.45) is 7.05 Å². The van der Waals surface area contributed by atoms with Crippen molar-refractivity contribution >= 4 is 32.7 Å². The lowest BCUT2D eigenvalue weighted by atomic mass is 10.1. The van der Waals surface area contributed by atoms with Crippen LogP contribution in [0.3, 0.4) is 0 Å². The molecule has 1 heterocycles. The van der Waals surface area contributed by atoms with Crippen LogP contribution >= 0.6 is 15.9 Å². The van der Waals surface area contributed by atoms with E-state index < -0.39 is 0 Å². The Hall–Kier alpha value is -2.07. The summed E-state index contributed by atoms with van der Waals surface area (Å²) in [5.41, 5.74) is 4.01. The summed E-state index contributed by atoms with van der Waals surface area (Å²) in [7, 11) is 2.02. The van der Waals surface area contributed by atoms with E-state index in [9.17, 15) is 4.79 Å². The van der Waals surface area contributed by atoms with Crippen molar-refractivity contribution in [3.8, 4) is 0 Å². The minimum absolute atomic E-state index is 0.0501. The van der Waals surface area contributed by atoms with Crippen LogP contribution in [0, 0.1) is 6.92 Å². The molecule has 3 aromatic rings. The molecule has 0 bridgehead atoms. The molecular weight excluding hydrogens is 352 g/mol. The van der Waals surface area contributed by atoms with Crippen LogP contribution in [0.1, 0.15) is 34.6 Å². The van der Waals surface area contributed by atoms with Gasteiger partial charge in [-0.25, -0.2) is 0 Å². The van der Waals surface area contributed by atoms with Gasteiger partial charge in [-0.05, 0) is 55.1 Å². The van der Waals surface area contributed by atoms with Crippen molar-refractivity contribution in [2.45, 2.75) is 19.9 Å². The molecule has 0 aliphatic carbocycles. The molecule has 0 aliphatic rings. The first kappa shape index (κ1) is 15.8. The van der Waals surface area contributed by atoms with Gasteiger partial charge in [-0.15, -0.1) is 0 Å². The van der Waals surface area contributed by atoms with Gasteiger partial charge in [0.1, 0.15) is 0 Å². The van der Waals surface area contributed by atoms with E-state index >= 15 is 0 Å². The second kappa shape index (κ2) is 6.20. The number of aromatic nitrogens is 1. The van der Waals surface area contributed by atoms with Gasteiger partial charge in [-0.1, -0.05) is 34.1 Å². The normalized spacial score (nSPS) is 12.3. The Bertz CT molecular complexity index is 882. The average molecular weight is 371 g/mol. The van der Waals surface area contributed by atoms with Gasteiger partial charge in [0.25, 0.3) is 5.91 Å². The van der Waals surface area contributed by atoms with Crippen molar-refractivity contribution in [3.05, 3.63) is 69.8 Å². The van der Waals surface area contributed by atoms with E-state index in [2.05, 4.69) is 38.8 Å². The van der Waals surface area contributed by atoms with Gasteiger partial charge in [-0.2, -0.15) is 0 Å². The van der Waals surface area contributed by atoms with Crippen LogP contribution in [0.15, 0.2) is 53.0 Å². The van der Waals surface area contributed by atoms with Crippen molar-refractivity contribution in [2.75, 3.05) is 0 Å². The highest BCUT2D eigenvalue weighted by atomic mass is 79.9. The van der Waals surface area contributed by atoms with Gasteiger partial charge in [0.05, 0.1) is 6.04 Å². The van der Waals surface area contributed by atoms with Crippen molar-refractivity contribution in [1.29, 1.82) is 0 Å². The Labute approximate surface area is 144 Å². The number of rotatable bonds is 3. The van der Waals surface area contributed by atoms with Gasteiger partial charge >= 0.3 is 0 Å². The number of carbonyl (C=O) groups excluding carboxylic acids is 1. The van der Waals surface area contributed by atoms with Crippen molar-refractivity contribution in [3.63, 3.8) is 0 Å². The Balaban J connectivity index is 1.84. The van der Waals surface area contributed by atoms with Gasteiger partial charge in [0.15, 0.2) is 0 Å². The van der Waals surface area contributed by atoms with Gasteiger partial charge in [0, 0.05) is 28.3 Å². The van der Waals surface area contributed by atoms with Crippen LogP contribution < -0.4 is 5.32 Å². The molecule has 0 unspecified atom stereocenters.